The minimum absolute atomic E-state index is 0.0393. The van der Waals surface area contributed by atoms with Crippen molar-refractivity contribution in [3.63, 3.8) is 0 Å². The van der Waals surface area contributed by atoms with Gasteiger partial charge in [0.1, 0.15) is 12.5 Å². The molecule has 1 amide bonds. The van der Waals surface area contributed by atoms with Gasteiger partial charge in [-0.15, -0.1) is 0 Å². The van der Waals surface area contributed by atoms with Crippen molar-refractivity contribution >= 4 is 21.4 Å². The molecule has 0 aliphatic carbocycles. The van der Waals surface area contributed by atoms with Crippen LogP contribution >= 0.6 is 0 Å². The Kier molecular flexibility index (Phi) is 7.72. The molecule has 0 radical (unpaired) electrons. The van der Waals surface area contributed by atoms with Gasteiger partial charge >= 0.3 is 6.18 Å². The molecule has 6 nitrogen and oxygen atoms in total. The van der Waals surface area contributed by atoms with Crippen LogP contribution in [-0.4, -0.2) is 69.6 Å². The number of sulfone groups is 1. The fourth-order valence-electron chi connectivity index (χ4n) is 4.41. The van der Waals surface area contributed by atoms with Crippen molar-refractivity contribution in [2.75, 3.05) is 44.0 Å². The van der Waals surface area contributed by atoms with E-state index in [2.05, 4.69) is 0 Å². The maximum Gasteiger partial charge on any atom is 0.424 e. The Bertz CT molecular complexity index is 1450. The molecule has 3 aromatic carbocycles. The summed E-state index contributed by atoms with van der Waals surface area (Å²) in [5.41, 5.74) is -2.57. The van der Waals surface area contributed by atoms with Gasteiger partial charge in [-0.2, -0.15) is 13.2 Å². The lowest BCUT2D eigenvalue weighted by Gasteiger charge is -2.37. The Labute approximate surface area is 222 Å². The molecule has 3 aromatic rings. The van der Waals surface area contributed by atoms with Gasteiger partial charge in [0, 0.05) is 43.7 Å². The summed E-state index contributed by atoms with van der Waals surface area (Å²) in [6.07, 6.45) is -4.16. The molecule has 1 saturated heterocycles. The highest BCUT2D eigenvalue weighted by molar-refractivity contribution is 7.90. The summed E-state index contributed by atoms with van der Waals surface area (Å²) < 4.78 is 90.4. The van der Waals surface area contributed by atoms with Crippen LogP contribution in [0.4, 0.5) is 27.6 Å². The Balaban J connectivity index is 1.54. The van der Waals surface area contributed by atoms with Crippen LogP contribution in [-0.2, 0) is 15.4 Å². The minimum atomic E-state index is -5.18. The molecule has 1 heterocycles. The van der Waals surface area contributed by atoms with Crippen molar-refractivity contribution in [3.05, 3.63) is 83.7 Å². The van der Waals surface area contributed by atoms with E-state index in [1.165, 1.54) is 59.5 Å². The molecular weight excluding hydrogens is 543 g/mol. The second kappa shape index (κ2) is 10.6. The zero-order chi connectivity index (χ0) is 28.6. The third kappa shape index (κ3) is 5.76. The molecule has 1 aliphatic rings. The maximum absolute atomic E-state index is 13.5. The molecule has 1 fully saturated rings. The zero-order valence-corrected chi connectivity index (χ0v) is 21.6. The second-order valence-corrected chi connectivity index (χ2v) is 11.3. The average molecular weight is 569 g/mol. The van der Waals surface area contributed by atoms with Gasteiger partial charge in [-0.1, -0.05) is 30.3 Å². The number of carbonyl (C=O) groups is 1. The molecule has 0 spiro atoms. The summed E-state index contributed by atoms with van der Waals surface area (Å²) in [5, 5.41) is 9.81. The predicted molar refractivity (Wildman–Crippen MR) is 135 cm³/mol. The van der Waals surface area contributed by atoms with Gasteiger partial charge in [0.2, 0.25) is 5.60 Å². The largest absolute Gasteiger partial charge is 0.424 e. The number of amides is 1. The number of halogens is 5. The standard InChI is InChI=1S/C27H25F5N2O4S/c1-39(37,38)22-10-11-23(18-2-6-20(29)7-3-18)24(16-22)25(35)34-14-12-33(13-15-34)21-8-4-19(5-9-21)26(36,17-28)27(30,31)32/h2-11,16,36H,12-15,17H2,1H3. The Hall–Kier alpha value is -3.51. The molecule has 1 unspecified atom stereocenters. The number of benzene rings is 3. The van der Waals surface area contributed by atoms with Crippen molar-refractivity contribution in [2.45, 2.75) is 16.7 Å². The van der Waals surface area contributed by atoms with Crippen LogP contribution in [0, 0.1) is 5.82 Å². The van der Waals surface area contributed by atoms with Crippen LogP contribution in [0.2, 0.25) is 0 Å². The van der Waals surface area contributed by atoms with Gasteiger partial charge < -0.3 is 14.9 Å². The fourth-order valence-corrected chi connectivity index (χ4v) is 5.06. The van der Waals surface area contributed by atoms with Crippen LogP contribution in [0.3, 0.4) is 0 Å². The van der Waals surface area contributed by atoms with E-state index in [0.717, 1.165) is 18.4 Å². The number of hydrogen-bond donors (Lipinski definition) is 1. The van der Waals surface area contributed by atoms with Crippen molar-refractivity contribution < 1.29 is 40.3 Å². The molecule has 4 rings (SSSR count). The Morgan fingerprint density at radius 2 is 1.51 bits per heavy atom. The molecular formula is C27H25F5N2O4S. The van der Waals surface area contributed by atoms with Crippen LogP contribution in [0.5, 0.6) is 0 Å². The lowest BCUT2D eigenvalue weighted by atomic mass is 9.94. The van der Waals surface area contributed by atoms with Crippen molar-refractivity contribution in [3.8, 4) is 11.1 Å². The molecule has 1 N–H and O–H groups in total. The van der Waals surface area contributed by atoms with E-state index in [1.807, 2.05) is 4.90 Å². The van der Waals surface area contributed by atoms with E-state index in [4.69, 9.17) is 0 Å². The van der Waals surface area contributed by atoms with Crippen molar-refractivity contribution in [1.29, 1.82) is 0 Å². The lowest BCUT2D eigenvalue weighted by molar-refractivity contribution is -0.271. The van der Waals surface area contributed by atoms with Crippen LogP contribution in [0.25, 0.3) is 11.1 Å². The minimum Gasteiger partial charge on any atom is -0.374 e. The summed E-state index contributed by atoms with van der Waals surface area (Å²) >= 11 is 0. The van der Waals surface area contributed by atoms with Gasteiger partial charge in [-0.25, -0.2) is 17.2 Å². The number of hydrogen-bond acceptors (Lipinski definition) is 5. The highest BCUT2D eigenvalue weighted by Crippen LogP contribution is 2.40. The number of nitrogens with zero attached hydrogens (tertiary/aromatic N) is 2. The number of rotatable bonds is 6. The third-order valence-electron chi connectivity index (χ3n) is 6.74. The number of piperazine rings is 1. The molecule has 1 atom stereocenters. The van der Waals surface area contributed by atoms with Gasteiger partial charge in [0.15, 0.2) is 9.84 Å². The number of carbonyl (C=O) groups excluding carboxylic acids is 1. The van der Waals surface area contributed by atoms with Crippen LogP contribution < -0.4 is 4.90 Å². The Morgan fingerprint density at radius 1 is 0.923 bits per heavy atom. The Morgan fingerprint density at radius 3 is 2.03 bits per heavy atom. The topological polar surface area (TPSA) is 77.9 Å². The molecule has 39 heavy (non-hydrogen) atoms. The van der Waals surface area contributed by atoms with E-state index in [9.17, 15) is 40.3 Å². The normalized spacial score (nSPS) is 16.2. The molecule has 1 aliphatic heterocycles. The molecule has 0 aromatic heterocycles. The summed E-state index contributed by atoms with van der Waals surface area (Å²) in [5.74, 6) is -0.885. The molecule has 208 valence electrons. The van der Waals surface area contributed by atoms with Crippen LogP contribution in [0.1, 0.15) is 15.9 Å². The first-order valence-corrected chi connectivity index (χ1v) is 13.7. The summed E-state index contributed by atoms with van der Waals surface area (Å²) in [7, 11) is -3.62. The first kappa shape index (κ1) is 28.5. The maximum atomic E-state index is 13.5. The molecule has 0 bridgehead atoms. The SMILES string of the molecule is CS(=O)(=O)c1ccc(-c2ccc(F)cc2)c(C(=O)N2CCN(c3ccc(C(O)(CF)C(F)(F)F)cc3)CC2)c1. The first-order chi connectivity index (χ1) is 18.2. The fraction of sp³-hybridized carbons (Fsp3) is 0.296. The second-order valence-electron chi connectivity index (χ2n) is 9.30. The number of aliphatic hydroxyl groups is 1. The summed E-state index contributed by atoms with van der Waals surface area (Å²) in [6.45, 7) is -0.936. The molecule has 0 saturated carbocycles. The molecule has 12 heteroatoms. The van der Waals surface area contributed by atoms with E-state index >= 15 is 0 Å². The van der Waals surface area contributed by atoms with E-state index < -0.39 is 45.6 Å². The monoisotopic (exact) mass is 568 g/mol. The summed E-state index contributed by atoms with van der Waals surface area (Å²) in [6, 6.07) is 14.4. The smallest absolute Gasteiger partial charge is 0.374 e. The van der Waals surface area contributed by atoms with Gasteiger partial charge in [-0.3, -0.25) is 4.79 Å². The van der Waals surface area contributed by atoms with Gasteiger partial charge in [0.25, 0.3) is 5.91 Å². The van der Waals surface area contributed by atoms with E-state index in [1.54, 1.807) is 0 Å². The third-order valence-corrected chi connectivity index (χ3v) is 7.85. The van der Waals surface area contributed by atoms with Gasteiger partial charge in [0.05, 0.1) is 4.90 Å². The number of anilines is 1. The van der Waals surface area contributed by atoms with Gasteiger partial charge in [-0.05, 0) is 53.1 Å². The zero-order valence-electron chi connectivity index (χ0n) is 20.8. The van der Waals surface area contributed by atoms with Crippen molar-refractivity contribution in [2.24, 2.45) is 0 Å². The average Bonchev–Trinajstić information content (AvgIpc) is 2.91. The highest BCUT2D eigenvalue weighted by Gasteiger charge is 2.55. The van der Waals surface area contributed by atoms with Crippen LogP contribution in [0.15, 0.2) is 71.6 Å². The highest BCUT2D eigenvalue weighted by atomic mass is 32.2. The predicted octanol–water partition coefficient (Wildman–Crippen LogP) is 4.58. The van der Waals surface area contributed by atoms with Crippen molar-refractivity contribution in [1.82, 2.24) is 4.90 Å². The lowest BCUT2D eigenvalue weighted by Crippen LogP contribution is -2.49. The quantitative estimate of drug-likeness (QED) is 0.441. The first-order valence-electron chi connectivity index (χ1n) is 11.8. The summed E-state index contributed by atoms with van der Waals surface area (Å²) in [4.78, 5) is 16.9. The van der Waals surface area contributed by atoms with E-state index in [0.29, 0.717) is 29.9 Å². The number of alkyl halides is 4. The van der Waals surface area contributed by atoms with E-state index in [-0.39, 0.29) is 23.5 Å².